The largest absolute Gasteiger partial charge is 0.459 e. The first kappa shape index (κ1) is 16.6. The van der Waals surface area contributed by atoms with Crippen molar-refractivity contribution in [3.8, 4) is 0 Å². The molecule has 0 radical (unpaired) electrons. The topological polar surface area (TPSA) is 43.4 Å². The van der Waals surface area contributed by atoms with E-state index in [1.165, 1.54) is 6.07 Å². The number of hydrogen-bond donors (Lipinski definition) is 0. The van der Waals surface area contributed by atoms with Gasteiger partial charge in [-0.05, 0) is 32.9 Å². The molecule has 110 valence electrons. The van der Waals surface area contributed by atoms with Gasteiger partial charge in [0.1, 0.15) is 17.2 Å². The number of ether oxygens (including phenoxy) is 1. The van der Waals surface area contributed by atoms with Crippen LogP contribution in [0.4, 0.5) is 8.78 Å². The van der Waals surface area contributed by atoms with Crippen molar-refractivity contribution in [1.29, 1.82) is 0 Å². The van der Waals surface area contributed by atoms with Gasteiger partial charge in [-0.25, -0.2) is 8.78 Å². The molecule has 0 saturated heterocycles. The van der Waals surface area contributed by atoms with Crippen molar-refractivity contribution in [3.63, 3.8) is 0 Å². The summed E-state index contributed by atoms with van der Waals surface area (Å²) in [5, 5.41) is 0. The summed E-state index contributed by atoms with van der Waals surface area (Å²) in [6.45, 7) is 5.19. The normalized spacial score (nSPS) is 11.2. The number of halogens is 2. The maximum atomic E-state index is 13.3. The Morgan fingerprint density at radius 1 is 1.15 bits per heavy atom. The number of thioether (sulfide) groups is 1. The lowest BCUT2D eigenvalue weighted by molar-refractivity contribution is -0.151. The van der Waals surface area contributed by atoms with Crippen LogP contribution in [0.2, 0.25) is 0 Å². The number of carbonyl (C=O) groups excluding carboxylic acids is 2. The Morgan fingerprint density at radius 2 is 1.70 bits per heavy atom. The highest BCUT2D eigenvalue weighted by Crippen LogP contribution is 2.16. The van der Waals surface area contributed by atoms with E-state index >= 15 is 0 Å². The van der Waals surface area contributed by atoms with Crippen LogP contribution in [0.15, 0.2) is 18.2 Å². The summed E-state index contributed by atoms with van der Waals surface area (Å²) in [6.07, 6.45) is 0. The maximum absolute atomic E-state index is 13.3. The van der Waals surface area contributed by atoms with Gasteiger partial charge in [0.25, 0.3) is 0 Å². The van der Waals surface area contributed by atoms with Gasteiger partial charge >= 0.3 is 5.97 Å². The van der Waals surface area contributed by atoms with Crippen molar-refractivity contribution in [3.05, 3.63) is 35.4 Å². The van der Waals surface area contributed by atoms with E-state index in [1.54, 1.807) is 20.8 Å². The van der Waals surface area contributed by atoms with Gasteiger partial charge in [0.05, 0.1) is 17.1 Å². The Kier molecular flexibility index (Phi) is 5.68. The minimum absolute atomic E-state index is 0.0426. The summed E-state index contributed by atoms with van der Waals surface area (Å²) < 4.78 is 31.7. The van der Waals surface area contributed by atoms with Gasteiger partial charge in [-0.3, -0.25) is 9.59 Å². The third kappa shape index (κ3) is 5.28. The van der Waals surface area contributed by atoms with Crippen LogP contribution in [0.1, 0.15) is 31.1 Å². The van der Waals surface area contributed by atoms with Crippen LogP contribution >= 0.6 is 11.8 Å². The number of rotatable bonds is 5. The molecule has 6 heteroatoms. The van der Waals surface area contributed by atoms with Crippen molar-refractivity contribution in [1.82, 2.24) is 0 Å². The summed E-state index contributed by atoms with van der Waals surface area (Å²) in [7, 11) is 0. The molecule has 0 atom stereocenters. The molecular weight excluding hydrogens is 286 g/mol. The fourth-order valence-corrected chi connectivity index (χ4v) is 2.09. The van der Waals surface area contributed by atoms with Gasteiger partial charge in [0.2, 0.25) is 0 Å². The molecule has 0 aliphatic heterocycles. The molecule has 0 bridgehead atoms. The standard InChI is InChI=1S/C14H16F2O3S/c1-14(2,3)19-12(18)8-20-7-11(17)13-9(15)5-4-6-10(13)16/h4-6H,7-8H2,1-3H3. The number of esters is 1. The van der Waals surface area contributed by atoms with E-state index in [0.29, 0.717) is 0 Å². The second-order valence-corrected chi connectivity index (χ2v) is 6.08. The highest BCUT2D eigenvalue weighted by atomic mass is 32.2. The van der Waals surface area contributed by atoms with Gasteiger partial charge in [-0.2, -0.15) is 0 Å². The molecule has 0 spiro atoms. The van der Waals surface area contributed by atoms with Crippen LogP contribution in [0.25, 0.3) is 0 Å². The van der Waals surface area contributed by atoms with Crippen molar-refractivity contribution in [2.75, 3.05) is 11.5 Å². The third-order valence-corrected chi connectivity index (χ3v) is 3.02. The van der Waals surface area contributed by atoms with Crippen LogP contribution in [-0.2, 0) is 9.53 Å². The van der Waals surface area contributed by atoms with Crippen LogP contribution in [0.5, 0.6) is 0 Å². The van der Waals surface area contributed by atoms with Crippen LogP contribution in [0.3, 0.4) is 0 Å². The zero-order valence-corrected chi connectivity index (χ0v) is 12.4. The Balaban J connectivity index is 2.51. The molecule has 20 heavy (non-hydrogen) atoms. The highest BCUT2D eigenvalue weighted by molar-refractivity contribution is 8.00. The quantitative estimate of drug-likeness (QED) is 0.619. The predicted molar refractivity (Wildman–Crippen MR) is 73.9 cm³/mol. The maximum Gasteiger partial charge on any atom is 0.316 e. The first-order chi connectivity index (χ1) is 9.20. The number of Topliss-reactive ketones (excluding diaryl/α,β-unsaturated/α-hetero) is 1. The molecule has 1 aromatic rings. The number of hydrogen-bond acceptors (Lipinski definition) is 4. The number of benzene rings is 1. The molecule has 0 unspecified atom stereocenters. The van der Waals surface area contributed by atoms with Gasteiger partial charge < -0.3 is 4.74 Å². The molecule has 0 aromatic heterocycles. The summed E-state index contributed by atoms with van der Waals surface area (Å²) in [5.74, 6) is -3.17. The lowest BCUT2D eigenvalue weighted by atomic mass is 10.1. The summed E-state index contributed by atoms with van der Waals surface area (Å²) in [6, 6.07) is 3.24. The minimum Gasteiger partial charge on any atom is -0.459 e. The smallest absolute Gasteiger partial charge is 0.316 e. The van der Waals surface area contributed by atoms with Gasteiger partial charge in [0.15, 0.2) is 5.78 Å². The Morgan fingerprint density at radius 3 is 2.20 bits per heavy atom. The lowest BCUT2D eigenvalue weighted by Crippen LogP contribution is -2.25. The molecule has 1 rings (SSSR count). The third-order valence-electron chi connectivity index (χ3n) is 2.11. The molecule has 0 heterocycles. The van der Waals surface area contributed by atoms with E-state index in [2.05, 4.69) is 0 Å². The van der Waals surface area contributed by atoms with Crippen molar-refractivity contribution in [2.45, 2.75) is 26.4 Å². The zero-order valence-electron chi connectivity index (χ0n) is 11.5. The Hall–Kier alpha value is -1.43. The minimum atomic E-state index is -0.895. The molecule has 0 aliphatic rings. The summed E-state index contributed by atoms with van der Waals surface area (Å²) >= 11 is 0.965. The van der Waals surface area contributed by atoms with E-state index < -0.39 is 34.6 Å². The predicted octanol–water partition coefficient (Wildman–Crippen LogP) is 3.22. The van der Waals surface area contributed by atoms with E-state index in [-0.39, 0.29) is 11.5 Å². The first-order valence-corrected chi connectivity index (χ1v) is 7.13. The SMILES string of the molecule is CC(C)(C)OC(=O)CSCC(=O)c1c(F)cccc1F. The van der Waals surface area contributed by atoms with Crippen molar-refractivity contribution >= 4 is 23.5 Å². The molecule has 3 nitrogen and oxygen atoms in total. The van der Waals surface area contributed by atoms with Gasteiger partial charge in [0, 0.05) is 0 Å². The zero-order chi connectivity index (χ0) is 15.3. The summed E-state index contributed by atoms with van der Waals surface area (Å²) in [5.41, 5.74) is -1.16. The van der Waals surface area contributed by atoms with Crippen LogP contribution < -0.4 is 0 Å². The van der Waals surface area contributed by atoms with Gasteiger partial charge in [-0.1, -0.05) is 6.07 Å². The van der Waals surface area contributed by atoms with Crippen LogP contribution in [-0.4, -0.2) is 28.9 Å². The van der Waals surface area contributed by atoms with Crippen molar-refractivity contribution < 1.29 is 23.1 Å². The molecule has 0 saturated carbocycles. The average molecular weight is 302 g/mol. The molecular formula is C14H16F2O3S. The monoisotopic (exact) mass is 302 g/mol. The van der Waals surface area contributed by atoms with Crippen molar-refractivity contribution in [2.24, 2.45) is 0 Å². The molecule has 0 N–H and O–H groups in total. The molecule has 0 fully saturated rings. The molecule has 0 aliphatic carbocycles. The Labute approximate surface area is 120 Å². The second-order valence-electron chi connectivity index (χ2n) is 5.10. The van der Waals surface area contributed by atoms with Gasteiger partial charge in [-0.15, -0.1) is 11.8 Å². The fourth-order valence-electron chi connectivity index (χ4n) is 1.43. The molecule has 1 aromatic carbocycles. The average Bonchev–Trinajstić information content (AvgIpc) is 2.26. The fraction of sp³-hybridized carbons (Fsp3) is 0.429. The van der Waals surface area contributed by atoms with E-state index in [1.807, 2.05) is 0 Å². The lowest BCUT2D eigenvalue weighted by Gasteiger charge is -2.19. The summed E-state index contributed by atoms with van der Waals surface area (Å²) in [4.78, 5) is 23.1. The van der Waals surface area contributed by atoms with Crippen LogP contribution in [0, 0.1) is 11.6 Å². The Bertz CT molecular complexity index is 489. The molecule has 0 amide bonds. The second kappa shape index (κ2) is 6.83. The number of ketones is 1. The van der Waals surface area contributed by atoms with E-state index in [4.69, 9.17) is 4.74 Å². The van der Waals surface area contributed by atoms with E-state index in [0.717, 1.165) is 23.9 Å². The number of carbonyl (C=O) groups is 2. The first-order valence-electron chi connectivity index (χ1n) is 5.97. The highest BCUT2D eigenvalue weighted by Gasteiger charge is 2.19. The van der Waals surface area contributed by atoms with E-state index in [9.17, 15) is 18.4 Å².